The van der Waals surface area contributed by atoms with Gasteiger partial charge in [0.25, 0.3) is 0 Å². The molecule has 2 aromatic rings. The number of hydrogen-bond donors (Lipinski definition) is 2. The number of likely N-dealkylation sites (tertiary alicyclic amines) is 1. The predicted octanol–water partition coefficient (Wildman–Crippen LogP) is 2.58. The molecule has 0 spiro atoms. The molecule has 0 amide bonds. The Hall–Kier alpha value is -1.96. The van der Waals surface area contributed by atoms with Crippen molar-refractivity contribution in [3.63, 3.8) is 0 Å². The first-order valence-corrected chi connectivity index (χ1v) is 10.1. The van der Waals surface area contributed by atoms with Gasteiger partial charge in [-0.05, 0) is 43.7 Å². The molecular weight excluding hydrogens is 344 g/mol. The van der Waals surface area contributed by atoms with Crippen LogP contribution in [0.4, 0.5) is 5.95 Å². The molecule has 1 atom stereocenters. The Kier molecular flexibility index (Phi) is 5.78. The summed E-state index contributed by atoms with van der Waals surface area (Å²) in [5.41, 5.74) is 2.09. The van der Waals surface area contributed by atoms with Gasteiger partial charge in [0.15, 0.2) is 0 Å². The summed E-state index contributed by atoms with van der Waals surface area (Å²) in [7, 11) is 0. The number of hydrogen-bond acceptors (Lipinski definition) is 7. The van der Waals surface area contributed by atoms with Crippen LogP contribution in [0.5, 0.6) is 0 Å². The lowest BCUT2D eigenvalue weighted by Gasteiger charge is -2.32. The summed E-state index contributed by atoms with van der Waals surface area (Å²) in [4.78, 5) is 17.3. The highest BCUT2D eigenvalue weighted by Gasteiger charge is 2.21. The van der Waals surface area contributed by atoms with Crippen LogP contribution in [-0.4, -0.2) is 51.4 Å². The van der Waals surface area contributed by atoms with E-state index < -0.39 is 0 Å². The number of anilines is 1. The first kappa shape index (κ1) is 17.5. The Morgan fingerprint density at radius 3 is 3.12 bits per heavy atom. The summed E-state index contributed by atoms with van der Waals surface area (Å²) in [5.74, 6) is 1.70. The van der Waals surface area contributed by atoms with Gasteiger partial charge in [-0.25, -0.2) is 9.97 Å². The Balaban J connectivity index is 1.36. The average Bonchev–Trinajstić information content (AvgIpc) is 3.16. The Morgan fingerprint density at radius 1 is 1.27 bits per heavy atom. The van der Waals surface area contributed by atoms with Gasteiger partial charge in [0, 0.05) is 48.9 Å². The molecule has 2 aliphatic heterocycles. The second-order valence-corrected chi connectivity index (χ2v) is 7.77. The lowest BCUT2D eigenvalue weighted by Crippen LogP contribution is -2.42. The molecule has 0 unspecified atom stereocenters. The second-order valence-electron chi connectivity index (χ2n) is 6.67. The summed E-state index contributed by atoms with van der Waals surface area (Å²) in [6, 6.07) is 8.44. The largest absolute Gasteiger partial charge is 0.350 e. The topological polar surface area (TPSA) is 66.0 Å². The molecule has 2 aliphatic rings. The van der Waals surface area contributed by atoms with Crippen LogP contribution in [0.2, 0.25) is 0 Å². The Morgan fingerprint density at radius 2 is 2.27 bits per heavy atom. The van der Waals surface area contributed by atoms with E-state index in [1.165, 1.54) is 11.3 Å². The van der Waals surface area contributed by atoms with E-state index in [0.717, 1.165) is 55.8 Å². The van der Waals surface area contributed by atoms with Crippen LogP contribution >= 0.6 is 11.8 Å². The molecule has 26 heavy (non-hydrogen) atoms. The van der Waals surface area contributed by atoms with Crippen molar-refractivity contribution in [1.29, 1.82) is 0 Å². The van der Waals surface area contributed by atoms with Gasteiger partial charge in [0.05, 0.1) is 11.4 Å². The molecule has 2 saturated heterocycles. The molecule has 0 bridgehead atoms. The number of rotatable bonds is 5. The maximum atomic E-state index is 4.67. The minimum Gasteiger partial charge on any atom is -0.350 e. The molecule has 6 nitrogen and oxygen atoms in total. The van der Waals surface area contributed by atoms with Crippen molar-refractivity contribution in [2.75, 3.05) is 30.8 Å². The normalized spacial score (nSPS) is 22.6. The van der Waals surface area contributed by atoms with E-state index >= 15 is 0 Å². The van der Waals surface area contributed by atoms with Crippen molar-refractivity contribution in [1.82, 2.24) is 25.2 Å². The molecule has 2 fully saturated rings. The molecule has 0 saturated carbocycles. The predicted molar refractivity (Wildman–Crippen MR) is 107 cm³/mol. The molecule has 4 rings (SSSR count). The van der Waals surface area contributed by atoms with Crippen molar-refractivity contribution < 1.29 is 0 Å². The third-order valence-electron chi connectivity index (χ3n) is 4.60. The van der Waals surface area contributed by atoms with Crippen LogP contribution in [0.1, 0.15) is 24.2 Å². The minimum atomic E-state index is 0.373. The number of nitrogens with one attached hydrogen (secondary N) is 2. The fourth-order valence-electron chi connectivity index (χ4n) is 3.37. The molecule has 2 N–H and O–H groups in total. The van der Waals surface area contributed by atoms with Crippen LogP contribution in [-0.2, 0) is 6.54 Å². The lowest BCUT2D eigenvalue weighted by molar-refractivity contribution is 0.206. The fraction of sp³-hybridized carbons (Fsp3) is 0.421. The average molecular weight is 369 g/mol. The van der Waals surface area contributed by atoms with E-state index in [2.05, 4.69) is 42.6 Å². The van der Waals surface area contributed by atoms with Crippen LogP contribution in [0, 0.1) is 0 Å². The molecular formula is C19H24N6S. The third kappa shape index (κ3) is 4.81. The number of thioether (sulfide) groups is 1. The summed E-state index contributed by atoms with van der Waals surface area (Å²) in [6.45, 7) is 3.94. The first-order valence-electron chi connectivity index (χ1n) is 9.11. The molecule has 0 aliphatic carbocycles. The molecule has 4 heterocycles. The fourth-order valence-corrected chi connectivity index (χ4v) is 4.17. The van der Waals surface area contributed by atoms with Crippen molar-refractivity contribution >= 4 is 23.8 Å². The first-order chi connectivity index (χ1) is 12.8. The van der Waals surface area contributed by atoms with Gasteiger partial charge in [-0.2, -0.15) is 0 Å². The highest BCUT2D eigenvalue weighted by molar-refractivity contribution is 8.03. The van der Waals surface area contributed by atoms with Crippen LogP contribution in [0.15, 0.2) is 41.6 Å². The van der Waals surface area contributed by atoms with Gasteiger partial charge >= 0.3 is 0 Å². The third-order valence-corrected chi connectivity index (χ3v) is 5.58. The van der Waals surface area contributed by atoms with Gasteiger partial charge in [-0.1, -0.05) is 6.07 Å². The smallest absolute Gasteiger partial charge is 0.223 e. The van der Waals surface area contributed by atoms with Crippen molar-refractivity contribution in [2.24, 2.45) is 0 Å². The lowest BCUT2D eigenvalue weighted by atomic mass is 10.1. The zero-order valence-electron chi connectivity index (χ0n) is 14.8. The van der Waals surface area contributed by atoms with Crippen LogP contribution < -0.4 is 10.6 Å². The Bertz CT molecular complexity index is 743. The molecule has 0 radical (unpaired) electrons. The van der Waals surface area contributed by atoms with E-state index in [1.54, 1.807) is 0 Å². The van der Waals surface area contributed by atoms with E-state index in [1.807, 2.05) is 42.4 Å². The molecule has 0 aromatic carbocycles. The van der Waals surface area contributed by atoms with Crippen molar-refractivity contribution in [3.8, 4) is 0 Å². The minimum absolute atomic E-state index is 0.373. The van der Waals surface area contributed by atoms with Gasteiger partial charge in [0.1, 0.15) is 0 Å². The highest BCUT2D eigenvalue weighted by atomic mass is 32.2. The second kappa shape index (κ2) is 8.62. The summed E-state index contributed by atoms with van der Waals surface area (Å²) in [6.07, 6.45) is 8.17. The van der Waals surface area contributed by atoms with E-state index in [9.17, 15) is 0 Å². The zero-order chi connectivity index (χ0) is 17.6. The SMILES string of the molecule is C(=C1\CNCS1)/c1ccnc(N[C@H]2CCCN(Cc3ccccn3)C2)n1. The zero-order valence-corrected chi connectivity index (χ0v) is 15.6. The van der Waals surface area contributed by atoms with E-state index in [-0.39, 0.29) is 0 Å². The molecule has 136 valence electrons. The van der Waals surface area contributed by atoms with Gasteiger partial charge in [-0.3, -0.25) is 9.88 Å². The Labute approximate surface area is 158 Å². The molecule has 2 aromatic heterocycles. The number of aromatic nitrogens is 3. The monoisotopic (exact) mass is 368 g/mol. The summed E-state index contributed by atoms with van der Waals surface area (Å²) >= 11 is 1.84. The summed E-state index contributed by atoms with van der Waals surface area (Å²) < 4.78 is 0. The highest BCUT2D eigenvalue weighted by Crippen LogP contribution is 2.22. The van der Waals surface area contributed by atoms with Crippen LogP contribution in [0.25, 0.3) is 6.08 Å². The van der Waals surface area contributed by atoms with Crippen molar-refractivity contribution in [3.05, 3.63) is 53.0 Å². The standard InChI is InChI=1S/C19H24N6S/c1-2-7-21-16(4-1)12-25-9-3-5-17(13-25)24-19-22-8-6-15(23-19)10-18-11-20-14-26-18/h1-2,4,6-8,10,17,20H,3,5,9,11-14H2,(H,22,23,24)/b18-10-/t17-/m0/s1. The number of nitrogens with zero attached hydrogens (tertiary/aromatic N) is 4. The quantitative estimate of drug-likeness (QED) is 0.841. The maximum Gasteiger partial charge on any atom is 0.223 e. The van der Waals surface area contributed by atoms with Crippen molar-refractivity contribution in [2.45, 2.75) is 25.4 Å². The maximum absolute atomic E-state index is 4.67. The van der Waals surface area contributed by atoms with Gasteiger partial charge in [-0.15, -0.1) is 11.8 Å². The van der Waals surface area contributed by atoms with E-state index in [0.29, 0.717) is 6.04 Å². The number of piperidine rings is 1. The number of pyridine rings is 1. The molecule has 7 heteroatoms. The van der Waals surface area contributed by atoms with Gasteiger partial charge < -0.3 is 10.6 Å². The van der Waals surface area contributed by atoms with E-state index in [4.69, 9.17) is 0 Å². The summed E-state index contributed by atoms with van der Waals surface area (Å²) in [5, 5.41) is 6.85. The van der Waals surface area contributed by atoms with Gasteiger partial charge in [0.2, 0.25) is 5.95 Å². The van der Waals surface area contributed by atoms with Crippen LogP contribution in [0.3, 0.4) is 0 Å².